The predicted octanol–water partition coefficient (Wildman–Crippen LogP) is 3.99. The molecule has 1 N–H and O–H groups in total. The molecule has 1 atom stereocenters. The Morgan fingerprint density at radius 2 is 1.67 bits per heavy atom. The Kier molecular flexibility index (Phi) is 6.06. The monoisotopic (exact) mass is 481 g/mol. The zero-order valence-corrected chi connectivity index (χ0v) is 20.4. The van der Waals surface area contributed by atoms with E-state index >= 15 is 0 Å². The number of hydrogen-bond acceptors (Lipinski definition) is 4. The number of para-hydroxylation sites is 1. The predicted molar refractivity (Wildman–Crippen MR) is 137 cm³/mol. The quantitative estimate of drug-likeness (QED) is 0.423. The Morgan fingerprint density at radius 3 is 2.42 bits per heavy atom. The van der Waals surface area contributed by atoms with Gasteiger partial charge in [-0.15, -0.1) is 0 Å². The zero-order valence-electron chi connectivity index (χ0n) is 20.4. The van der Waals surface area contributed by atoms with Gasteiger partial charge in [0.05, 0.1) is 18.8 Å². The highest BCUT2D eigenvalue weighted by Gasteiger charge is 2.41. The van der Waals surface area contributed by atoms with E-state index in [1.165, 1.54) is 7.11 Å². The molecular weight excluding hydrogens is 454 g/mol. The Hall–Kier alpha value is -4.39. The first-order valence-corrected chi connectivity index (χ1v) is 11.8. The number of esters is 1. The highest BCUT2D eigenvalue weighted by molar-refractivity contribution is 6.04. The second-order valence-corrected chi connectivity index (χ2v) is 8.98. The number of aromatic nitrogens is 1. The molecule has 1 aliphatic rings. The number of hydrogen-bond donors (Lipinski definition) is 1. The van der Waals surface area contributed by atoms with E-state index in [1.807, 2.05) is 44.3 Å². The van der Waals surface area contributed by atoms with Crippen molar-refractivity contribution in [3.8, 4) is 11.3 Å². The largest absolute Gasteiger partial charge is 0.468 e. The molecule has 0 bridgehead atoms. The number of nitrogens with one attached hydrogen (secondary N) is 1. The van der Waals surface area contributed by atoms with Gasteiger partial charge in [-0.3, -0.25) is 14.4 Å². The summed E-state index contributed by atoms with van der Waals surface area (Å²) in [5.74, 6) is -1.19. The van der Waals surface area contributed by atoms with Crippen molar-refractivity contribution in [1.82, 2.24) is 14.8 Å². The van der Waals surface area contributed by atoms with Crippen LogP contribution in [-0.4, -0.2) is 47.4 Å². The molecule has 7 heteroatoms. The van der Waals surface area contributed by atoms with Crippen molar-refractivity contribution in [2.75, 3.05) is 20.2 Å². The van der Waals surface area contributed by atoms with Crippen LogP contribution in [0.2, 0.25) is 0 Å². The molecule has 0 radical (unpaired) electrons. The number of rotatable bonds is 6. The van der Waals surface area contributed by atoms with Crippen molar-refractivity contribution in [3.05, 3.63) is 95.1 Å². The highest BCUT2D eigenvalue weighted by Crippen LogP contribution is 2.46. The smallest absolute Gasteiger partial charge is 0.325 e. The van der Waals surface area contributed by atoms with Gasteiger partial charge in [0.25, 0.3) is 5.91 Å². The lowest BCUT2D eigenvalue weighted by Crippen LogP contribution is -2.41. The van der Waals surface area contributed by atoms with Crippen LogP contribution in [0.25, 0.3) is 22.2 Å². The molecule has 1 aromatic heterocycles. The lowest BCUT2D eigenvalue weighted by Gasteiger charge is -2.26. The first kappa shape index (κ1) is 23.4. The summed E-state index contributed by atoms with van der Waals surface area (Å²) in [5.41, 5.74) is 6.61. The topological polar surface area (TPSA) is 80.6 Å². The molecule has 7 nitrogen and oxygen atoms in total. The van der Waals surface area contributed by atoms with Gasteiger partial charge in [0.2, 0.25) is 5.91 Å². The van der Waals surface area contributed by atoms with Crippen LogP contribution < -0.4 is 5.32 Å². The summed E-state index contributed by atoms with van der Waals surface area (Å²) in [5, 5.41) is 3.58. The van der Waals surface area contributed by atoms with Crippen LogP contribution in [0.15, 0.2) is 72.8 Å². The van der Waals surface area contributed by atoms with Crippen molar-refractivity contribution >= 4 is 28.7 Å². The van der Waals surface area contributed by atoms with E-state index in [9.17, 15) is 14.4 Å². The van der Waals surface area contributed by atoms with Crippen LogP contribution in [-0.2, 0) is 21.4 Å². The summed E-state index contributed by atoms with van der Waals surface area (Å²) < 4.78 is 6.77. The van der Waals surface area contributed by atoms with Gasteiger partial charge in [0, 0.05) is 29.1 Å². The summed E-state index contributed by atoms with van der Waals surface area (Å²) in [6.07, 6.45) is 0. The number of ether oxygens (including phenoxy) is 1. The van der Waals surface area contributed by atoms with E-state index in [1.54, 1.807) is 11.0 Å². The second kappa shape index (κ2) is 9.34. The molecule has 0 aliphatic carbocycles. The summed E-state index contributed by atoms with van der Waals surface area (Å²) in [6.45, 7) is 1.61. The molecule has 2 heterocycles. The molecule has 182 valence electrons. The van der Waals surface area contributed by atoms with E-state index in [0.717, 1.165) is 38.9 Å². The van der Waals surface area contributed by atoms with Gasteiger partial charge in [-0.05, 0) is 30.2 Å². The van der Waals surface area contributed by atoms with Crippen LogP contribution in [0.3, 0.4) is 0 Å². The third kappa shape index (κ3) is 3.92. The number of nitrogens with zero attached hydrogens (tertiary/aromatic N) is 2. The minimum absolute atomic E-state index is 0.189. The molecule has 2 amide bonds. The second-order valence-electron chi connectivity index (χ2n) is 8.98. The van der Waals surface area contributed by atoms with Gasteiger partial charge in [-0.2, -0.15) is 0 Å². The van der Waals surface area contributed by atoms with E-state index < -0.39 is 17.9 Å². The Bertz CT molecular complexity index is 1490. The number of fused-ring (bicyclic) bond motifs is 2. The molecule has 0 unspecified atom stereocenters. The summed E-state index contributed by atoms with van der Waals surface area (Å²) in [7, 11) is 3.29. The van der Waals surface area contributed by atoms with Gasteiger partial charge in [0.15, 0.2) is 0 Å². The lowest BCUT2D eigenvalue weighted by molar-refractivity contribution is -0.141. The zero-order chi connectivity index (χ0) is 25.4. The first-order valence-electron chi connectivity index (χ1n) is 11.8. The Morgan fingerprint density at radius 1 is 0.972 bits per heavy atom. The summed E-state index contributed by atoms with van der Waals surface area (Å²) in [6, 6.07) is 23.4. The SMILES string of the molecule is COC(=O)CNC(=O)CN1C(=O)c2ccccc2[C@H]1c1c(-c2ccc(C)cc2)n(C)c2ccccc12. The Labute approximate surface area is 209 Å². The highest BCUT2D eigenvalue weighted by atomic mass is 16.5. The number of carbonyl (C=O) groups excluding carboxylic acids is 3. The average Bonchev–Trinajstić information content (AvgIpc) is 3.34. The standard InChI is InChI=1S/C29H27N3O4/c1-18-12-14-19(15-13-18)27-26(22-10-6-7-11-23(22)31(27)2)28-20-8-4-5-9-21(20)29(35)32(28)17-24(33)30-16-25(34)36-3/h4-15,28H,16-17H2,1-3H3,(H,30,33)/t28-/m0/s1. The molecular formula is C29H27N3O4. The normalized spacial score (nSPS) is 14.7. The molecule has 5 rings (SSSR count). The number of methoxy groups -OCH3 is 1. The van der Waals surface area contributed by atoms with Crippen LogP contribution in [0.4, 0.5) is 0 Å². The maximum atomic E-state index is 13.6. The van der Waals surface area contributed by atoms with Crippen molar-refractivity contribution in [2.24, 2.45) is 7.05 Å². The maximum Gasteiger partial charge on any atom is 0.325 e. The van der Waals surface area contributed by atoms with Crippen LogP contribution >= 0.6 is 0 Å². The van der Waals surface area contributed by atoms with Gasteiger partial charge < -0.3 is 19.5 Å². The van der Waals surface area contributed by atoms with Crippen molar-refractivity contribution in [3.63, 3.8) is 0 Å². The third-order valence-corrected chi connectivity index (χ3v) is 6.77. The molecule has 36 heavy (non-hydrogen) atoms. The molecule has 3 aromatic carbocycles. The van der Waals surface area contributed by atoms with Crippen molar-refractivity contribution in [2.45, 2.75) is 13.0 Å². The lowest BCUT2D eigenvalue weighted by atomic mass is 9.93. The third-order valence-electron chi connectivity index (χ3n) is 6.77. The van der Waals surface area contributed by atoms with Crippen LogP contribution in [0.5, 0.6) is 0 Å². The van der Waals surface area contributed by atoms with Gasteiger partial charge in [-0.25, -0.2) is 0 Å². The van der Waals surface area contributed by atoms with Gasteiger partial charge in [-0.1, -0.05) is 66.2 Å². The maximum absolute atomic E-state index is 13.6. The molecule has 1 aliphatic heterocycles. The van der Waals surface area contributed by atoms with E-state index in [-0.39, 0.29) is 19.0 Å². The number of carbonyl (C=O) groups is 3. The van der Waals surface area contributed by atoms with Gasteiger partial charge in [0.1, 0.15) is 13.1 Å². The average molecular weight is 482 g/mol. The first-order chi connectivity index (χ1) is 17.4. The number of benzene rings is 3. The molecule has 0 saturated heterocycles. The van der Waals surface area contributed by atoms with E-state index in [2.05, 4.69) is 51.0 Å². The fourth-order valence-electron chi connectivity index (χ4n) is 5.06. The van der Waals surface area contributed by atoms with Crippen LogP contribution in [0.1, 0.15) is 33.1 Å². The van der Waals surface area contributed by atoms with E-state index in [4.69, 9.17) is 0 Å². The van der Waals surface area contributed by atoms with Crippen molar-refractivity contribution in [1.29, 1.82) is 0 Å². The van der Waals surface area contributed by atoms with Crippen LogP contribution in [0, 0.1) is 6.92 Å². The number of aryl methyl sites for hydroxylation is 2. The molecule has 0 spiro atoms. The fraction of sp³-hybridized carbons (Fsp3) is 0.207. The summed E-state index contributed by atoms with van der Waals surface area (Å²) >= 11 is 0. The minimum atomic E-state index is -0.549. The van der Waals surface area contributed by atoms with Gasteiger partial charge >= 0.3 is 5.97 Å². The molecule has 4 aromatic rings. The molecule has 0 fully saturated rings. The summed E-state index contributed by atoms with van der Waals surface area (Å²) in [4.78, 5) is 39.6. The molecule has 0 saturated carbocycles. The van der Waals surface area contributed by atoms with Crippen molar-refractivity contribution < 1.29 is 19.1 Å². The number of amides is 2. The minimum Gasteiger partial charge on any atom is -0.468 e. The Balaban J connectivity index is 1.68. The fourth-order valence-corrected chi connectivity index (χ4v) is 5.06. The van der Waals surface area contributed by atoms with E-state index in [0.29, 0.717) is 5.56 Å².